The van der Waals surface area contributed by atoms with E-state index in [9.17, 15) is 9.59 Å². The highest BCUT2D eigenvalue weighted by Gasteiger charge is 2.22. The minimum atomic E-state index is -0.220. The van der Waals surface area contributed by atoms with E-state index < -0.39 is 0 Å². The van der Waals surface area contributed by atoms with E-state index in [1.54, 1.807) is 11.3 Å². The maximum atomic E-state index is 11.1. The van der Waals surface area contributed by atoms with Crippen molar-refractivity contribution in [2.75, 3.05) is 13.1 Å². The number of hydrogen-bond acceptors (Lipinski definition) is 4. The van der Waals surface area contributed by atoms with Gasteiger partial charge in [-0.3, -0.25) is 19.8 Å². The predicted octanol–water partition coefficient (Wildman–Crippen LogP) is 0.969. The van der Waals surface area contributed by atoms with Gasteiger partial charge in [0.05, 0.1) is 16.9 Å². The molecule has 1 N–H and O–H groups in total. The SMILES string of the molecule is O=C1CN(Cc2ccc(Br)s2)CC(=O)N1. The molecule has 1 aromatic rings. The van der Waals surface area contributed by atoms with Crippen LogP contribution in [-0.4, -0.2) is 29.8 Å². The van der Waals surface area contributed by atoms with Crippen molar-refractivity contribution in [1.29, 1.82) is 0 Å². The van der Waals surface area contributed by atoms with Crippen molar-refractivity contribution in [3.63, 3.8) is 0 Å². The maximum absolute atomic E-state index is 11.1. The summed E-state index contributed by atoms with van der Waals surface area (Å²) in [6.07, 6.45) is 0. The van der Waals surface area contributed by atoms with Crippen LogP contribution in [0.1, 0.15) is 4.88 Å². The number of carbonyl (C=O) groups is 2. The summed E-state index contributed by atoms with van der Waals surface area (Å²) in [5, 5.41) is 2.27. The van der Waals surface area contributed by atoms with Crippen LogP contribution < -0.4 is 5.32 Å². The van der Waals surface area contributed by atoms with Crippen molar-refractivity contribution in [2.45, 2.75) is 6.54 Å². The van der Waals surface area contributed by atoms with Gasteiger partial charge >= 0.3 is 0 Å². The predicted molar refractivity (Wildman–Crippen MR) is 60.4 cm³/mol. The summed E-state index contributed by atoms with van der Waals surface area (Å²) >= 11 is 4.99. The molecule has 4 nitrogen and oxygen atoms in total. The average molecular weight is 289 g/mol. The van der Waals surface area contributed by atoms with Crippen LogP contribution in [-0.2, 0) is 16.1 Å². The van der Waals surface area contributed by atoms with Crippen LogP contribution in [0, 0.1) is 0 Å². The fourth-order valence-corrected chi connectivity index (χ4v) is 2.99. The highest BCUT2D eigenvalue weighted by atomic mass is 79.9. The van der Waals surface area contributed by atoms with E-state index in [1.165, 1.54) is 0 Å². The van der Waals surface area contributed by atoms with E-state index in [4.69, 9.17) is 0 Å². The number of hydrogen-bond donors (Lipinski definition) is 1. The first-order valence-corrected chi connectivity index (χ1v) is 6.04. The zero-order valence-electron chi connectivity index (χ0n) is 7.83. The van der Waals surface area contributed by atoms with Crippen LogP contribution >= 0.6 is 27.3 Å². The summed E-state index contributed by atoms with van der Waals surface area (Å²) in [5.74, 6) is -0.441. The highest BCUT2D eigenvalue weighted by Crippen LogP contribution is 2.23. The van der Waals surface area contributed by atoms with Gasteiger partial charge in [0, 0.05) is 11.4 Å². The van der Waals surface area contributed by atoms with Crippen LogP contribution in [0.3, 0.4) is 0 Å². The summed E-state index contributed by atoms with van der Waals surface area (Å²) < 4.78 is 1.06. The van der Waals surface area contributed by atoms with E-state index in [0.717, 1.165) is 8.66 Å². The van der Waals surface area contributed by atoms with Crippen molar-refractivity contribution >= 4 is 39.1 Å². The minimum absolute atomic E-state index is 0.220. The van der Waals surface area contributed by atoms with Crippen molar-refractivity contribution in [1.82, 2.24) is 10.2 Å². The summed E-state index contributed by atoms with van der Waals surface area (Å²) in [7, 11) is 0. The zero-order valence-corrected chi connectivity index (χ0v) is 10.2. The molecule has 0 radical (unpaired) electrons. The van der Waals surface area contributed by atoms with Gasteiger partial charge in [-0.1, -0.05) is 0 Å². The van der Waals surface area contributed by atoms with Crippen LogP contribution in [0.25, 0.3) is 0 Å². The molecule has 1 aliphatic heterocycles. The highest BCUT2D eigenvalue weighted by molar-refractivity contribution is 9.11. The lowest BCUT2D eigenvalue weighted by Gasteiger charge is -2.24. The molecular weight excluding hydrogens is 280 g/mol. The van der Waals surface area contributed by atoms with Gasteiger partial charge < -0.3 is 0 Å². The van der Waals surface area contributed by atoms with Gasteiger partial charge in [0.25, 0.3) is 0 Å². The number of nitrogens with zero attached hydrogens (tertiary/aromatic N) is 1. The molecule has 2 rings (SSSR count). The molecule has 15 heavy (non-hydrogen) atoms. The number of thiophene rings is 1. The van der Waals surface area contributed by atoms with Crippen molar-refractivity contribution in [3.05, 3.63) is 20.8 Å². The molecule has 2 heterocycles. The molecule has 2 amide bonds. The third-order valence-electron chi connectivity index (χ3n) is 2.02. The molecule has 1 saturated heterocycles. The molecule has 1 aliphatic rings. The first-order valence-electron chi connectivity index (χ1n) is 4.43. The van der Waals surface area contributed by atoms with Gasteiger partial charge in [-0.15, -0.1) is 11.3 Å². The normalized spacial score (nSPS) is 17.9. The number of amides is 2. The Hall–Kier alpha value is -0.720. The third kappa shape index (κ3) is 2.87. The number of nitrogens with one attached hydrogen (secondary N) is 1. The molecule has 1 aromatic heterocycles. The Morgan fingerprint density at radius 3 is 2.53 bits per heavy atom. The second-order valence-electron chi connectivity index (χ2n) is 3.32. The summed E-state index contributed by atoms with van der Waals surface area (Å²) in [5.41, 5.74) is 0. The standard InChI is InChI=1S/C9H9BrN2O2S/c10-7-2-1-6(15-7)3-12-4-8(13)11-9(14)5-12/h1-2H,3-5H2,(H,11,13,14). The molecule has 0 unspecified atom stereocenters. The molecule has 0 atom stereocenters. The van der Waals surface area contributed by atoms with Crippen molar-refractivity contribution in [3.8, 4) is 0 Å². The molecule has 6 heteroatoms. The Morgan fingerprint density at radius 2 is 2.00 bits per heavy atom. The van der Waals surface area contributed by atoms with Crippen LogP contribution in [0.15, 0.2) is 15.9 Å². The first-order chi connectivity index (χ1) is 7.13. The van der Waals surface area contributed by atoms with Crippen molar-refractivity contribution < 1.29 is 9.59 Å². The monoisotopic (exact) mass is 288 g/mol. The second-order valence-corrected chi connectivity index (χ2v) is 5.87. The average Bonchev–Trinajstić information content (AvgIpc) is 2.49. The fourth-order valence-electron chi connectivity index (χ4n) is 1.47. The van der Waals surface area contributed by atoms with Crippen LogP contribution in [0.4, 0.5) is 0 Å². The maximum Gasteiger partial charge on any atom is 0.240 e. The molecule has 0 aliphatic carbocycles. The summed E-state index contributed by atoms with van der Waals surface area (Å²) in [6, 6.07) is 3.96. The lowest BCUT2D eigenvalue weighted by Crippen LogP contribution is -2.50. The zero-order chi connectivity index (χ0) is 10.8. The molecule has 0 spiro atoms. The summed E-state index contributed by atoms with van der Waals surface area (Å²) in [4.78, 5) is 25.2. The van der Waals surface area contributed by atoms with E-state index in [1.807, 2.05) is 17.0 Å². The number of rotatable bonds is 2. The lowest BCUT2D eigenvalue weighted by molar-refractivity contribution is -0.136. The van der Waals surface area contributed by atoms with Gasteiger partial charge in [-0.2, -0.15) is 0 Å². The van der Waals surface area contributed by atoms with Gasteiger partial charge in [0.2, 0.25) is 11.8 Å². The van der Waals surface area contributed by atoms with E-state index >= 15 is 0 Å². The molecular formula is C9H9BrN2O2S. The Morgan fingerprint density at radius 1 is 1.33 bits per heavy atom. The van der Waals surface area contributed by atoms with Crippen molar-refractivity contribution in [2.24, 2.45) is 0 Å². The second kappa shape index (κ2) is 4.42. The molecule has 0 saturated carbocycles. The summed E-state index contributed by atoms with van der Waals surface area (Å²) in [6.45, 7) is 1.23. The molecule has 80 valence electrons. The first kappa shape index (κ1) is 10.8. The fraction of sp³-hybridized carbons (Fsp3) is 0.333. The van der Waals surface area contributed by atoms with Gasteiger partial charge in [-0.25, -0.2) is 0 Å². The largest absolute Gasteiger partial charge is 0.294 e. The Labute approximate surface area is 99.4 Å². The van der Waals surface area contributed by atoms with E-state index in [0.29, 0.717) is 19.6 Å². The van der Waals surface area contributed by atoms with Crippen LogP contribution in [0.5, 0.6) is 0 Å². The number of imide groups is 1. The minimum Gasteiger partial charge on any atom is -0.294 e. The Bertz CT molecular complexity index is 389. The topological polar surface area (TPSA) is 49.4 Å². The van der Waals surface area contributed by atoms with Gasteiger partial charge in [-0.05, 0) is 28.1 Å². The Kier molecular flexibility index (Phi) is 3.18. The van der Waals surface area contributed by atoms with Gasteiger partial charge in [0.15, 0.2) is 0 Å². The molecule has 0 bridgehead atoms. The van der Waals surface area contributed by atoms with E-state index in [-0.39, 0.29) is 11.8 Å². The van der Waals surface area contributed by atoms with Gasteiger partial charge in [0.1, 0.15) is 0 Å². The third-order valence-corrected chi connectivity index (χ3v) is 3.63. The number of piperazine rings is 1. The molecule has 0 aromatic carbocycles. The van der Waals surface area contributed by atoms with E-state index in [2.05, 4.69) is 21.2 Å². The quantitative estimate of drug-likeness (QED) is 0.825. The van der Waals surface area contributed by atoms with Crippen LogP contribution in [0.2, 0.25) is 0 Å². The smallest absolute Gasteiger partial charge is 0.240 e. The number of halogens is 1. The molecule has 1 fully saturated rings. The Balaban J connectivity index is 2.00. The number of carbonyl (C=O) groups excluding carboxylic acids is 2. The lowest BCUT2D eigenvalue weighted by atomic mass is 10.3.